The average Bonchev–Trinajstić information content (AvgIpc) is 3.02. The van der Waals surface area contributed by atoms with Crippen LogP contribution in [0.1, 0.15) is 58.8 Å². The molecule has 4 aliphatic rings. The summed E-state index contributed by atoms with van der Waals surface area (Å²) < 4.78 is 4.96. The molecule has 0 bridgehead atoms. The lowest BCUT2D eigenvalue weighted by Gasteiger charge is -2.59. The summed E-state index contributed by atoms with van der Waals surface area (Å²) in [6, 6.07) is 0. The summed E-state index contributed by atoms with van der Waals surface area (Å²) in [6.07, 6.45) is 6.27. The van der Waals surface area contributed by atoms with Gasteiger partial charge in [0.15, 0.2) is 12.4 Å². The fourth-order valence-corrected chi connectivity index (χ4v) is 7.34. The van der Waals surface area contributed by atoms with Crippen LogP contribution in [0.25, 0.3) is 0 Å². The van der Waals surface area contributed by atoms with Crippen molar-refractivity contribution in [3.63, 3.8) is 0 Å². The zero-order valence-corrected chi connectivity index (χ0v) is 19.1. The number of ether oxygens (including phenoxy) is 1. The first-order valence-electron chi connectivity index (χ1n) is 11.7. The Hall–Kier alpha value is -2.32. The van der Waals surface area contributed by atoms with Crippen LogP contribution >= 0.6 is 0 Å². The Morgan fingerprint density at radius 2 is 1.91 bits per heavy atom. The molecule has 0 aliphatic heterocycles. The number of carboxylic acid groups (broad SMARTS) is 1. The second-order valence-corrected chi connectivity index (χ2v) is 10.6. The highest BCUT2D eigenvalue weighted by atomic mass is 16.5. The predicted molar refractivity (Wildman–Crippen MR) is 116 cm³/mol. The standard InChI is InChI=1S/C25H32O8/c1-23-9-7-15(26)11-14(23)3-4-16-17-8-10-25(32,24(17,2)12-18(27)22(16)23)19(28)13-33-21(31)6-5-20(29)30/h7,9,11,16-18,22,27,32H,3-6,8,10,12-13H2,1-2H3,(H,29,30)/t16-,17+,18-,22+,23-,24-,25-/m0/s1. The molecule has 4 aliphatic carbocycles. The number of carbonyl (C=O) groups excluding carboxylic acids is 3. The van der Waals surface area contributed by atoms with Crippen molar-refractivity contribution in [3.8, 4) is 0 Å². The number of carbonyl (C=O) groups is 4. The molecule has 8 heteroatoms. The number of allylic oxidation sites excluding steroid dienone is 4. The van der Waals surface area contributed by atoms with Gasteiger partial charge in [-0.25, -0.2) is 0 Å². The van der Waals surface area contributed by atoms with Gasteiger partial charge in [-0.1, -0.05) is 25.5 Å². The van der Waals surface area contributed by atoms with E-state index in [1.807, 2.05) is 13.0 Å². The third kappa shape index (κ3) is 3.67. The molecule has 4 rings (SSSR count). The van der Waals surface area contributed by atoms with Gasteiger partial charge in [-0.15, -0.1) is 0 Å². The fraction of sp³-hybridized carbons (Fsp3) is 0.680. The first-order valence-corrected chi connectivity index (χ1v) is 11.7. The van der Waals surface area contributed by atoms with Crippen LogP contribution in [0.2, 0.25) is 0 Å². The fourth-order valence-electron chi connectivity index (χ4n) is 7.34. The normalized spacial score (nSPS) is 41.5. The van der Waals surface area contributed by atoms with Gasteiger partial charge in [-0.3, -0.25) is 19.2 Å². The van der Waals surface area contributed by atoms with Gasteiger partial charge in [-0.2, -0.15) is 0 Å². The number of ketones is 2. The molecule has 8 nitrogen and oxygen atoms in total. The predicted octanol–water partition coefficient (Wildman–Crippen LogP) is 1.97. The van der Waals surface area contributed by atoms with Gasteiger partial charge in [0, 0.05) is 16.7 Å². The number of rotatable bonds is 6. The zero-order valence-electron chi connectivity index (χ0n) is 19.1. The molecule has 0 aromatic carbocycles. The van der Waals surface area contributed by atoms with Crippen molar-refractivity contribution in [1.29, 1.82) is 0 Å². The lowest BCUT2D eigenvalue weighted by atomic mass is 9.46. The third-order valence-electron chi connectivity index (χ3n) is 9.02. The molecule has 3 N–H and O–H groups in total. The Morgan fingerprint density at radius 3 is 2.61 bits per heavy atom. The van der Waals surface area contributed by atoms with Gasteiger partial charge in [-0.05, 0) is 56.1 Å². The van der Waals surface area contributed by atoms with E-state index in [0.717, 1.165) is 18.4 Å². The molecule has 7 atom stereocenters. The lowest BCUT2D eigenvalue weighted by molar-refractivity contribution is -0.181. The number of aliphatic hydroxyl groups excluding tert-OH is 1. The maximum Gasteiger partial charge on any atom is 0.306 e. The van der Waals surface area contributed by atoms with Crippen LogP contribution in [0.4, 0.5) is 0 Å². The van der Waals surface area contributed by atoms with E-state index in [1.165, 1.54) is 0 Å². The Morgan fingerprint density at radius 1 is 1.18 bits per heavy atom. The van der Waals surface area contributed by atoms with Crippen LogP contribution in [0.5, 0.6) is 0 Å². The number of aliphatic carboxylic acids is 1. The van der Waals surface area contributed by atoms with Crippen LogP contribution in [0.15, 0.2) is 23.8 Å². The second-order valence-electron chi connectivity index (χ2n) is 10.6. The SMILES string of the molecule is C[C@]12C=CC(=O)C=C1CC[C@@H]1[C@@H]2[C@@H](O)C[C@@]2(C)[C@@H]1CC[C@]2(O)C(=O)COC(=O)CCC(=O)O. The van der Waals surface area contributed by atoms with E-state index in [9.17, 15) is 29.4 Å². The van der Waals surface area contributed by atoms with Gasteiger partial charge >= 0.3 is 11.9 Å². The van der Waals surface area contributed by atoms with Crippen molar-refractivity contribution in [2.45, 2.75) is 70.5 Å². The van der Waals surface area contributed by atoms with Gasteiger partial charge in [0.05, 0.1) is 18.9 Å². The molecule has 0 unspecified atom stereocenters. The smallest absolute Gasteiger partial charge is 0.306 e. The topological polar surface area (TPSA) is 138 Å². The molecule has 0 heterocycles. The summed E-state index contributed by atoms with van der Waals surface area (Å²) in [4.78, 5) is 47.4. The van der Waals surface area contributed by atoms with Crippen LogP contribution in [0, 0.1) is 28.6 Å². The molecule has 0 spiro atoms. The Kier molecular flexibility index (Phi) is 5.90. The van der Waals surface area contributed by atoms with Gasteiger partial charge in [0.1, 0.15) is 5.60 Å². The van der Waals surface area contributed by atoms with Gasteiger partial charge in [0.2, 0.25) is 5.78 Å². The van der Waals surface area contributed by atoms with E-state index >= 15 is 0 Å². The molecule has 0 aromatic rings. The number of Topliss-reactive ketones (excluding diaryl/α,β-unsaturated/α-hetero) is 1. The monoisotopic (exact) mass is 460 g/mol. The first-order chi connectivity index (χ1) is 15.4. The Balaban J connectivity index is 1.53. The molecule has 0 radical (unpaired) electrons. The van der Waals surface area contributed by atoms with Crippen molar-refractivity contribution < 1.29 is 39.2 Å². The minimum absolute atomic E-state index is 0.00645. The number of hydrogen-bond acceptors (Lipinski definition) is 7. The molecule has 33 heavy (non-hydrogen) atoms. The molecular formula is C25H32O8. The highest BCUT2D eigenvalue weighted by Crippen LogP contribution is 2.67. The van der Waals surface area contributed by atoms with Crippen LogP contribution in [0.3, 0.4) is 0 Å². The van der Waals surface area contributed by atoms with Gasteiger partial charge in [0.25, 0.3) is 0 Å². The van der Waals surface area contributed by atoms with E-state index in [2.05, 4.69) is 6.92 Å². The first kappa shape index (κ1) is 23.8. The van der Waals surface area contributed by atoms with Crippen LogP contribution in [-0.4, -0.2) is 57.1 Å². The molecule has 0 amide bonds. The van der Waals surface area contributed by atoms with E-state index in [-0.39, 0.29) is 49.2 Å². The zero-order chi connectivity index (χ0) is 24.2. The Labute approximate surface area is 192 Å². The van der Waals surface area contributed by atoms with Gasteiger partial charge < -0.3 is 20.1 Å². The number of hydrogen-bond donors (Lipinski definition) is 3. The molecule has 180 valence electrons. The van der Waals surface area contributed by atoms with E-state index in [4.69, 9.17) is 9.84 Å². The van der Waals surface area contributed by atoms with Crippen molar-refractivity contribution >= 4 is 23.5 Å². The van der Waals surface area contributed by atoms with E-state index < -0.39 is 46.9 Å². The van der Waals surface area contributed by atoms with Crippen LogP contribution < -0.4 is 0 Å². The summed E-state index contributed by atoms with van der Waals surface area (Å²) in [6.45, 7) is 3.30. The highest BCUT2D eigenvalue weighted by Gasteiger charge is 2.68. The summed E-state index contributed by atoms with van der Waals surface area (Å²) in [5.74, 6) is -2.58. The van der Waals surface area contributed by atoms with Crippen molar-refractivity contribution in [2.24, 2.45) is 28.6 Å². The minimum atomic E-state index is -1.73. The summed E-state index contributed by atoms with van der Waals surface area (Å²) >= 11 is 0. The number of carboxylic acids is 1. The largest absolute Gasteiger partial charge is 0.481 e. The van der Waals surface area contributed by atoms with Crippen LogP contribution in [-0.2, 0) is 23.9 Å². The number of esters is 1. The minimum Gasteiger partial charge on any atom is -0.481 e. The second kappa shape index (κ2) is 8.17. The molecular weight excluding hydrogens is 428 g/mol. The molecule has 0 aromatic heterocycles. The quantitative estimate of drug-likeness (QED) is 0.512. The molecule has 0 saturated heterocycles. The maximum absolute atomic E-state index is 13.1. The van der Waals surface area contributed by atoms with E-state index in [1.54, 1.807) is 12.2 Å². The lowest BCUT2D eigenvalue weighted by Crippen LogP contribution is -2.61. The Bertz CT molecular complexity index is 950. The molecule has 3 fully saturated rings. The number of fused-ring (bicyclic) bond motifs is 5. The third-order valence-corrected chi connectivity index (χ3v) is 9.02. The van der Waals surface area contributed by atoms with Crippen molar-refractivity contribution in [1.82, 2.24) is 0 Å². The number of aliphatic hydroxyl groups is 2. The average molecular weight is 461 g/mol. The van der Waals surface area contributed by atoms with E-state index in [0.29, 0.717) is 6.42 Å². The van der Waals surface area contributed by atoms with Crippen molar-refractivity contribution in [2.75, 3.05) is 6.61 Å². The highest BCUT2D eigenvalue weighted by molar-refractivity contribution is 6.01. The summed E-state index contributed by atoms with van der Waals surface area (Å²) in [5.41, 5.74) is -1.99. The van der Waals surface area contributed by atoms with Crippen molar-refractivity contribution in [3.05, 3.63) is 23.8 Å². The summed E-state index contributed by atoms with van der Waals surface area (Å²) in [7, 11) is 0. The summed E-state index contributed by atoms with van der Waals surface area (Å²) in [5, 5.41) is 31.6. The maximum atomic E-state index is 13.1. The molecule has 3 saturated carbocycles.